The SMILES string of the molecule is Clc1cc2nc(-c3ncco3)n(Cc3cccc(-c4nn[nH]n4)c3)c2cc1Cl. The summed E-state index contributed by atoms with van der Waals surface area (Å²) in [6.45, 7) is 0.512. The minimum absolute atomic E-state index is 0.415. The predicted octanol–water partition coefficient (Wildman–Crippen LogP) is 4.23. The van der Waals surface area contributed by atoms with Gasteiger partial charge in [-0.3, -0.25) is 0 Å². The Morgan fingerprint density at radius 1 is 1.11 bits per heavy atom. The number of tetrazole rings is 1. The van der Waals surface area contributed by atoms with Crippen molar-refractivity contribution in [1.82, 2.24) is 35.2 Å². The van der Waals surface area contributed by atoms with Crippen molar-refractivity contribution in [1.29, 1.82) is 0 Å². The molecule has 0 spiro atoms. The van der Waals surface area contributed by atoms with Crippen LogP contribution in [0.4, 0.5) is 0 Å². The van der Waals surface area contributed by atoms with E-state index in [0.29, 0.717) is 39.6 Å². The molecule has 10 heteroatoms. The molecule has 5 rings (SSSR count). The van der Waals surface area contributed by atoms with E-state index in [2.05, 4.69) is 30.6 Å². The molecule has 0 aliphatic rings. The molecule has 8 nitrogen and oxygen atoms in total. The summed E-state index contributed by atoms with van der Waals surface area (Å²) in [4.78, 5) is 8.89. The Hall–Kier alpha value is -3.23. The standard InChI is InChI=1S/C18H11Cl2N7O/c19-12-7-14-15(8-13(12)20)27(17(22-14)18-21-4-5-28-18)9-10-2-1-3-11(6-10)16-23-25-26-24-16/h1-8H,9H2,(H,23,24,25,26). The number of oxazole rings is 1. The fourth-order valence-electron chi connectivity index (χ4n) is 3.05. The number of aromatic amines is 1. The largest absolute Gasteiger partial charge is 0.442 e. The van der Waals surface area contributed by atoms with Crippen LogP contribution in [0.15, 0.2) is 53.3 Å². The molecule has 0 saturated carbocycles. The molecule has 0 unspecified atom stereocenters. The molecule has 1 N–H and O–H groups in total. The van der Waals surface area contributed by atoms with E-state index in [0.717, 1.165) is 16.6 Å². The van der Waals surface area contributed by atoms with Gasteiger partial charge in [0.2, 0.25) is 5.82 Å². The summed E-state index contributed by atoms with van der Waals surface area (Å²) in [6.07, 6.45) is 3.09. The zero-order valence-corrected chi connectivity index (χ0v) is 15.7. The first-order valence-corrected chi connectivity index (χ1v) is 9.02. The van der Waals surface area contributed by atoms with Crippen LogP contribution in [0.1, 0.15) is 5.56 Å². The number of imidazole rings is 1. The number of aromatic nitrogens is 7. The number of halogens is 2. The molecule has 0 aliphatic heterocycles. The number of hydrogen-bond acceptors (Lipinski definition) is 6. The van der Waals surface area contributed by atoms with Gasteiger partial charge >= 0.3 is 0 Å². The minimum atomic E-state index is 0.415. The molecular weight excluding hydrogens is 401 g/mol. The van der Waals surface area contributed by atoms with E-state index in [4.69, 9.17) is 27.6 Å². The average molecular weight is 412 g/mol. The van der Waals surface area contributed by atoms with E-state index in [-0.39, 0.29) is 0 Å². The third-order valence-corrected chi connectivity index (χ3v) is 5.01. The van der Waals surface area contributed by atoms with Gasteiger partial charge in [-0.25, -0.2) is 9.97 Å². The molecule has 0 bridgehead atoms. The lowest BCUT2D eigenvalue weighted by atomic mass is 10.1. The van der Waals surface area contributed by atoms with Crippen molar-refractivity contribution < 1.29 is 4.42 Å². The van der Waals surface area contributed by atoms with Gasteiger partial charge in [-0.15, -0.1) is 10.2 Å². The lowest BCUT2D eigenvalue weighted by molar-refractivity contribution is 0.564. The highest BCUT2D eigenvalue weighted by Gasteiger charge is 2.18. The summed E-state index contributed by atoms with van der Waals surface area (Å²) in [5.41, 5.74) is 3.40. The molecule has 3 heterocycles. The fourth-order valence-corrected chi connectivity index (χ4v) is 3.37. The highest BCUT2D eigenvalue weighted by molar-refractivity contribution is 6.42. The molecule has 0 amide bonds. The van der Waals surface area contributed by atoms with Gasteiger partial charge in [0.25, 0.3) is 5.89 Å². The van der Waals surface area contributed by atoms with Crippen LogP contribution in [-0.2, 0) is 6.54 Å². The molecule has 28 heavy (non-hydrogen) atoms. The normalized spacial score (nSPS) is 11.4. The number of benzene rings is 2. The summed E-state index contributed by atoms with van der Waals surface area (Å²) in [7, 11) is 0. The third-order valence-electron chi connectivity index (χ3n) is 4.29. The molecule has 138 valence electrons. The number of H-pyrrole nitrogens is 1. The highest BCUT2D eigenvalue weighted by atomic mass is 35.5. The van der Waals surface area contributed by atoms with Crippen molar-refractivity contribution in [2.45, 2.75) is 6.54 Å². The molecule has 5 aromatic rings. The van der Waals surface area contributed by atoms with E-state index in [9.17, 15) is 0 Å². The maximum Gasteiger partial charge on any atom is 0.263 e. The molecule has 0 radical (unpaired) electrons. The summed E-state index contributed by atoms with van der Waals surface area (Å²) in [5, 5.41) is 15.0. The van der Waals surface area contributed by atoms with E-state index in [1.165, 1.54) is 6.26 Å². The van der Waals surface area contributed by atoms with Gasteiger partial charge in [-0.2, -0.15) is 5.21 Å². The number of nitrogens with zero attached hydrogens (tertiary/aromatic N) is 6. The first kappa shape index (κ1) is 16.9. The van der Waals surface area contributed by atoms with Crippen molar-refractivity contribution in [2.24, 2.45) is 0 Å². The van der Waals surface area contributed by atoms with Crippen molar-refractivity contribution in [3.05, 3.63) is 64.5 Å². The van der Waals surface area contributed by atoms with Crippen LogP contribution in [-0.4, -0.2) is 35.2 Å². The molecular formula is C18H11Cl2N7O. The molecule has 3 aromatic heterocycles. The zero-order chi connectivity index (χ0) is 19.1. The van der Waals surface area contributed by atoms with Crippen molar-refractivity contribution in [3.8, 4) is 23.1 Å². The Labute approximate surface area is 168 Å². The summed E-state index contributed by atoms with van der Waals surface area (Å²) >= 11 is 12.4. The average Bonchev–Trinajstić information content (AvgIpc) is 3.44. The Morgan fingerprint density at radius 2 is 2.00 bits per heavy atom. The lowest BCUT2D eigenvalue weighted by Crippen LogP contribution is -2.03. The van der Waals surface area contributed by atoms with Crippen LogP contribution in [0, 0.1) is 0 Å². The summed E-state index contributed by atoms with van der Waals surface area (Å²) in [5.74, 6) is 1.53. The number of rotatable bonds is 4. The maximum atomic E-state index is 6.25. The first-order chi connectivity index (χ1) is 13.7. The Bertz CT molecular complexity index is 1260. The highest BCUT2D eigenvalue weighted by Crippen LogP contribution is 2.31. The Morgan fingerprint density at radius 3 is 2.79 bits per heavy atom. The van der Waals surface area contributed by atoms with Gasteiger partial charge < -0.3 is 8.98 Å². The quantitative estimate of drug-likeness (QED) is 0.475. The molecule has 0 fully saturated rings. The van der Waals surface area contributed by atoms with Crippen LogP contribution in [0.25, 0.3) is 34.1 Å². The minimum Gasteiger partial charge on any atom is -0.442 e. The van der Waals surface area contributed by atoms with Crippen molar-refractivity contribution in [2.75, 3.05) is 0 Å². The van der Waals surface area contributed by atoms with E-state index in [1.54, 1.807) is 18.3 Å². The van der Waals surface area contributed by atoms with Crippen LogP contribution in [0.2, 0.25) is 10.0 Å². The molecule has 0 atom stereocenters. The number of nitrogens with one attached hydrogen (secondary N) is 1. The van der Waals surface area contributed by atoms with Gasteiger partial charge in [0, 0.05) is 12.1 Å². The second-order valence-electron chi connectivity index (χ2n) is 6.05. The fraction of sp³-hybridized carbons (Fsp3) is 0.0556. The monoisotopic (exact) mass is 411 g/mol. The van der Waals surface area contributed by atoms with Crippen LogP contribution < -0.4 is 0 Å². The smallest absolute Gasteiger partial charge is 0.263 e. The topological polar surface area (TPSA) is 98.3 Å². The van der Waals surface area contributed by atoms with Gasteiger partial charge in [-0.05, 0) is 29.0 Å². The van der Waals surface area contributed by atoms with E-state index < -0.39 is 0 Å². The second kappa shape index (κ2) is 6.74. The van der Waals surface area contributed by atoms with Gasteiger partial charge in [0.1, 0.15) is 6.26 Å². The predicted molar refractivity (Wildman–Crippen MR) is 104 cm³/mol. The first-order valence-electron chi connectivity index (χ1n) is 8.27. The summed E-state index contributed by atoms with van der Waals surface area (Å²) < 4.78 is 7.46. The summed E-state index contributed by atoms with van der Waals surface area (Å²) in [6, 6.07) is 11.4. The van der Waals surface area contributed by atoms with E-state index in [1.807, 2.05) is 28.8 Å². The Balaban J connectivity index is 1.65. The van der Waals surface area contributed by atoms with Crippen molar-refractivity contribution >= 4 is 34.2 Å². The molecule has 2 aromatic carbocycles. The third kappa shape index (κ3) is 2.92. The molecule has 0 saturated heterocycles. The number of fused-ring (bicyclic) bond motifs is 1. The number of hydrogen-bond donors (Lipinski definition) is 1. The van der Waals surface area contributed by atoms with Crippen LogP contribution in [0.3, 0.4) is 0 Å². The van der Waals surface area contributed by atoms with E-state index >= 15 is 0 Å². The lowest BCUT2D eigenvalue weighted by Gasteiger charge is -2.09. The van der Waals surface area contributed by atoms with Gasteiger partial charge in [0.15, 0.2) is 5.82 Å². The van der Waals surface area contributed by atoms with Crippen LogP contribution in [0.5, 0.6) is 0 Å². The second-order valence-corrected chi connectivity index (χ2v) is 6.86. The van der Waals surface area contributed by atoms with Crippen molar-refractivity contribution in [3.63, 3.8) is 0 Å². The molecule has 0 aliphatic carbocycles. The zero-order valence-electron chi connectivity index (χ0n) is 14.2. The van der Waals surface area contributed by atoms with Gasteiger partial charge in [-0.1, -0.05) is 41.4 Å². The van der Waals surface area contributed by atoms with Gasteiger partial charge in [0.05, 0.1) is 27.3 Å². The maximum absolute atomic E-state index is 6.25. The Kier molecular flexibility index (Phi) is 4.07. The van der Waals surface area contributed by atoms with Crippen LogP contribution >= 0.6 is 23.2 Å².